The van der Waals surface area contributed by atoms with Gasteiger partial charge in [-0.05, 0) is 32.9 Å². The number of rotatable bonds is 9. The Bertz CT molecular complexity index is 406. The van der Waals surface area contributed by atoms with E-state index in [1.165, 1.54) is 16.7 Å². The number of halogens is 2. The zero-order valence-electron chi connectivity index (χ0n) is 13.1. The molecule has 21 heavy (non-hydrogen) atoms. The largest absolute Gasteiger partial charge is 0.395 e. The van der Waals surface area contributed by atoms with Gasteiger partial charge in [0.1, 0.15) is 0 Å². The van der Waals surface area contributed by atoms with Gasteiger partial charge >= 0.3 is 0 Å². The van der Waals surface area contributed by atoms with Crippen molar-refractivity contribution in [1.29, 1.82) is 0 Å². The van der Waals surface area contributed by atoms with Crippen molar-refractivity contribution in [2.75, 3.05) is 33.3 Å². The van der Waals surface area contributed by atoms with E-state index in [-0.39, 0.29) is 25.7 Å². The molecular formula is C16H26F2N2O. The standard InChI is InChI=1S/C16H26F2N2O/c1-12-8-13(2)10-14(9-12)15(19-3)4-5-20(6-7-21)11-16(17)18/h8-10,15-16,19,21H,4-7,11H2,1-3H3. The van der Waals surface area contributed by atoms with Crippen LogP contribution in [0.15, 0.2) is 18.2 Å². The number of nitrogens with zero attached hydrogens (tertiary/aromatic N) is 1. The van der Waals surface area contributed by atoms with Crippen LogP contribution < -0.4 is 5.32 Å². The van der Waals surface area contributed by atoms with Crippen LogP contribution in [0.1, 0.15) is 29.2 Å². The Morgan fingerprint density at radius 3 is 2.24 bits per heavy atom. The van der Waals surface area contributed by atoms with E-state index in [0.717, 1.165) is 6.42 Å². The molecule has 0 bridgehead atoms. The number of aliphatic hydroxyl groups is 1. The molecular weight excluding hydrogens is 274 g/mol. The van der Waals surface area contributed by atoms with Gasteiger partial charge in [-0.25, -0.2) is 8.78 Å². The zero-order valence-corrected chi connectivity index (χ0v) is 13.1. The lowest BCUT2D eigenvalue weighted by Crippen LogP contribution is -2.34. The Hall–Kier alpha value is -1.04. The maximum Gasteiger partial charge on any atom is 0.251 e. The summed E-state index contributed by atoms with van der Waals surface area (Å²) in [5.41, 5.74) is 3.58. The topological polar surface area (TPSA) is 35.5 Å². The van der Waals surface area contributed by atoms with E-state index >= 15 is 0 Å². The Morgan fingerprint density at radius 2 is 1.76 bits per heavy atom. The lowest BCUT2D eigenvalue weighted by atomic mass is 9.99. The van der Waals surface area contributed by atoms with Crippen LogP contribution in [-0.2, 0) is 0 Å². The van der Waals surface area contributed by atoms with E-state index in [2.05, 4.69) is 37.4 Å². The molecule has 1 aromatic rings. The molecule has 0 aromatic heterocycles. The number of alkyl halides is 2. The quantitative estimate of drug-likeness (QED) is 0.735. The van der Waals surface area contributed by atoms with Gasteiger partial charge in [0.25, 0.3) is 6.43 Å². The minimum atomic E-state index is -2.37. The van der Waals surface area contributed by atoms with Crippen molar-refractivity contribution in [2.45, 2.75) is 32.7 Å². The predicted molar refractivity (Wildman–Crippen MR) is 81.9 cm³/mol. The lowest BCUT2D eigenvalue weighted by Gasteiger charge is -2.24. The molecule has 1 atom stereocenters. The van der Waals surface area contributed by atoms with Crippen LogP contribution in [-0.4, -0.2) is 49.7 Å². The third kappa shape index (κ3) is 6.50. The Labute approximate surface area is 126 Å². The monoisotopic (exact) mass is 300 g/mol. The number of benzene rings is 1. The average Bonchev–Trinajstić information content (AvgIpc) is 2.37. The number of hydrogen-bond donors (Lipinski definition) is 2. The third-order valence-electron chi connectivity index (χ3n) is 3.54. The molecule has 0 saturated carbocycles. The van der Waals surface area contributed by atoms with Gasteiger partial charge in [0, 0.05) is 19.1 Å². The highest BCUT2D eigenvalue weighted by Crippen LogP contribution is 2.20. The molecule has 0 saturated heterocycles. The average molecular weight is 300 g/mol. The Balaban J connectivity index is 2.67. The number of aliphatic hydroxyl groups excluding tert-OH is 1. The van der Waals surface area contributed by atoms with E-state index in [1.807, 2.05) is 7.05 Å². The molecule has 1 unspecified atom stereocenters. The summed E-state index contributed by atoms with van der Waals surface area (Å²) in [4.78, 5) is 1.61. The van der Waals surface area contributed by atoms with E-state index in [0.29, 0.717) is 6.54 Å². The van der Waals surface area contributed by atoms with Crippen molar-refractivity contribution in [3.05, 3.63) is 34.9 Å². The van der Waals surface area contributed by atoms with Gasteiger partial charge in [-0.15, -0.1) is 0 Å². The highest BCUT2D eigenvalue weighted by Gasteiger charge is 2.15. The molecule has 0 spiro atoms. The molecule has 0 fully saturated rings. The van der Waals surface area contributed by atoms with E-state index < -0.39 is 6.43 Å². The lowest BCUT2D eigenvalue weighted by molar-refractivity contribution is 0.0763. The summed E-state index contributed by atoms with van der Waals surface area (Å²) in [7, 11) is 1.88. The second-order valence-corrected chi connectivity index (χ2v) is 5.47. The molecule has 0 heterocycles. The van der Waals surface area contributed by atoms with Crippen LogP contribution in [0.25, 0.3) is 0 Å². The Morgan fingerprint density at radius 1 is 1.14 bits per heavy atom. The van der Waals surface area contributed by atoms with Gasteiger partial charge < -0.3 is 10.4 Å². The van der Waals surface area contributed by atoms with Crippen LogP contribution >= 0.6 is 0 Å². The van der Waals surface area contributed by atoms with Gasteiger partial charge in [0.15, 0.2) is 0 Å². The Kier molecular flexibility index (Phi) is 7.78. The summed E-state index contributed by atoms with van der Waals surface area (Å²) in [6.07, 6.45) is -1.64. The van der Waals surface area contributed by atoms with Crippen molar-refractivity contribution in [1.82, 2.24) is 10.2 Å². The fraction of sp³-hybridized carbons (Fsp3) is 0.625. The van der Waals surface area contributed by atoms with Crippen molar-refractivity contribution < 1.29 is 13.9 Å². The minimum absolute atomic E-state index is 0.0967. The molecule has 0 aliphatic rings. The molecule has 2 N–H and O–H groups in total. The number of hydrogen-bond acceptors (Lipinski definition) is 3. The molecule has 0 amide bonds. The van der Waals surface area contributed by atoms with Crippen LogP contribution in [0, 0.1) is 13.8 Å². The van der Waals surface area contributed by atoms with Crippen molar-refractivity contribution in [2.24, 2.45) is 0 Å². The zero-order chi connectivity index (χ0) is 15.8. The second kappa shape index (κ2) is 9.07. The fourth-order valence-corrected chi connectivity index (χ4v) is 2.63. The van der Waals surface area contributed by atoms with Crippen LogP contribution in [0.5, 0.6) is 0 Å². The molecule has 0 aliphatic carbocycles. The summed E-state index contributed by atoms with van der Waals surface area (Å²) in [6.45, 7) is 4.54. The van der Waals surface area contributed by atoms with Gasteiger partial charge in [0.2, 0.25) is 0 Å². The second-order valence-electron chi connectivity index (χ2n) is 5.47. The first-order valence-electron chi connectivity index (χ1n) is 7.33. The molecule has 1 rings (SSSR count). The van der Waals surface area contributed by atoms with Crippen LogP contribution in [0.4, 0.5) is 8.78 Å². The van der Waals surface area contributed by atoms with E-state index in [4.69, 9.17) is 5.11 Å². The third-order valence-corrected chi connectivity index (χ3v) is 3.54. The minimum Gasteiger partial charge on any atom is -0.395 e. The fourth-order valence-electron chi connectivity index (χ4n) is 2.63. The summed E-state index contributed by atoms with van der Waals surface area (Å²) >= 11 is 0. The van der Waals surface area contributed by atoms with Gasteiger partial charge in [0.05, 0.1) is 13.2 Å². The maximum absolute atomic E-state index is 12.5. The summed E-state index contributed by atoms with van der Waals surface area (Å²) in [5, 5.41) is 12.2. The maximum atomic E-state index is 12.5. The van der Waals surface area contributed by atoms with Crippen LogP contribution in [0.2, 0.25) is 0 Å². The highest BCUT2D eigenvalue weighted by atomic mass is 19.3. The van der Waals surface area contributed by atoms with Crippen LogP contribution in [0.3, 0.4) is 0 Å². The molecule has 0 radical (unpaired) electrons. The van der Waals surface area contributed by atoms with E-state index in [9.17, 15) is 8.78 Å². The molecule has 5 heteroatoms. The summed E-state index contributed by atoms with van der Waals surface area (Å²) in [6, 6.07) is 6.49. The first-order chi connectivity index (χ1) is 9.96. The van der Waals surface area contributed by atoms with E-state index in [1.54, 1.807) is 4.90 Å². The first-order valence-corrected chi connectivity index (χ1v) is 7.33. The molecule has 0 aliphatic heterocycles. The first kappa shape index (κ1) is 18.0. The number of aryl methyl sites for hydroxylation is 2. The predicted octanol–water partition coefficient (Wildman–Crippen LogP) is 2.51. The van der Waals surface area contributed by atoms with Gasteiger partial charge in [-0.3, -0.25) is 4.90 Å². The SMILES string of the molecule is CNC(CCN(CCO)CC(F)F)c1cc(C)cc(C)c1. The normalized spacial score (nSPS) is 13.1. The summed E-state index contributed by atoms with van der Waals surface area (Å²) < 4.78 is 25.0. The van der Waals surface area contributed by atoms with Crippen molar-refractivity contribution in [3.63, 3.8) is 0 Å². The molecule has 120 valence electrons. The molecule has 1 aromatic carbocycles. The van der Waals surface area contributed by atoms with Crippen molar-refractivity contribution >= 4 is 0 Å². The highest BCUT2D eigenvalue weighted by molar-refractivity contribution is 5.30. The summed E-state index contributed by atoms with van der Waals surface area (Å²) in [5.74, 6) is 0. The molecule has 3 nitrogen and oxygen atoms in total. The number of nitrogens with one attached hydrogen (secondary N) is 1. The smallest absolute Gasteiger partial charge is 0.251 e. The van der Waals surface area contributed by atoms with Gasteiger partial charge in [-0.1, -0.05) is 29.3 Å². The van der Waals surface area contributed by atoms with Gasteiger partial charge in [-0.2, -0.15) is 0 Å². The van der Waals surface area contributed by atoms with Crippen molar-refractivity contribution in [3.8, 4) is 0 Å².